The Morgan fingerprint density at radius 1 is 0.429 bits per heavy atom. The molecule has 2 rings (SSSR count). The van der Waals surface area contributed by atoms with Crippen molar-refractivity contribution in [1.82, 2.24) is 29.9 Å². The lowest BCUT2D eigenvalue weighted by molar-refractivity contribution is 0.917. The van der Waals surface area contributed by atoms with Crippen LogP contribution in [0.3, 0.4) is 0 Å². The summed E-state index contributed by atoms with van der Waals surface area (Å²) in [7, 11) is 18.7. The summed E-state index contributed by atoms with van der Waals surface area (Å²) < 4.78 is 0. The molecule has 0 fully saturated rings. The van der Waals surface area contributed by atoms with Gasteiger partial charge in [0.15, 0.2) is 0 Å². The molecule has 2 heterocycles. The maximum Gasteiger partial charge on any atom is 0.231 e. The Kier molecular flexibility index (Phi) is 8.35. The van der Waals surface area contributed by atoms with E-state index in [1.54, 1.807) is 14.1 Å². The lowest BCUT2D eigenvalue weighted by atomic mass is 10.7. The van der Waals surface area contributed by atoms with E-state index in [1.165, 1.54) is 0 Å². The lowest BCUT2D eigenvalue weighted by Crippen LogP contribution is -2.19. The molecular formula is C16H32N12. The van der Waals surface area contributed by atoms with E-state index in [0.717, 1.165) is 0 Å². The molecule has 2 aromatic rings. The molecule has 0 aliphatic heterocycles. The summed E-state index contributed by atoms with van der Waals surface area (Å²) in [5.41, 5.74) is 0. The standard InChI is InChI=1S/2C8H16N6/c2*1-9-6-10-7(13(2)3)12-8(11-6)14(4)5/h2*1-5H3,(H,9,10,11,12). The zero-order chi connectivity index (χ0) is 21.4. The molecular weight excluding hydrogens is 360 g/mol. The predicted molar refractivity (Wildman–Crippen MR) is 116 cm³/mol. The second kappa shape index (κ2) is 10.2. The van der Waals surface area contributed by atoms with E-state index in [-0.39, 0.29) is 0 Å². The Morgan fingerprint density at radius 3 is 0.786 bits per heavy atom. The molecule has 0 atom stereocenters. The highest BCUT2D eigenvalue weighted by molar-refractivity contribution is 5.44. The first-order valence-corrected chi connectivity index (χ1v) is 8.66. The van der Waals surface area contributed by atoms with E-state index in [0.29, 0.717) is 35.7 Å². The molecule has 0 saturated heterocycles. The van der Waals surface area contributed by atoms with Crippen molar-refractivity contribution in [3.63, 3.8) is 0 Å². The van der Waals surface area contributed by atoms with E-state index >= 15 is 0 Å². The first kappa shape index (κ1) is 22.9. The van der Waals surface area contributed by atoms with Gasteiger partial charge in [-0.15, -0.1) is 0 Å². The zero-order valence-corrected chi connectivity index (χ0v) is 18.5. The summed E-state index contributed by atoms with van der Waals surface area (Å²) in [5, 5.41) is 5.80. The van der Waals surface area contributed by atoms with Crippen LogP contribution in [0.15, 0.2) is 0 Å². The highest BCUT2D eigenvalue weighted by atomic mass is 15.3. The van der Waals surface area contributed by atoms with E-state index in [2.05, 4.69) is 40.5 Å². The lowest BCUT2D eigenvalue weighted by Gasteiger charge is -2.15. The first-order valence-electron chi connectivity index (χ1n) is 8.66. The third-order valence-corrected chi connectivity index (χ3v) is 3.27. The minimum atomic E-state index is 0.576. The Morgan fingerprint density at radius 2 is 0.643 bits per heavy atom. The molecule has 0 aliphatic carbocycles. The minimum absolute atomic E-state index is 0.576. The smallest absolute Gasteiger partial charge is 0.231 e. The number of hydrogen-bond donors (Lipinski definition) is 2. The van der Waals surface area contributed by atoms with Gasteiger partial charge in [0, 0.05) is 70.5 Å². The molecule has 0 spiro atoms. The SMILES string of the molecule is CNc1nc(N(C)C)nc(N(C)C)n1.CNc1nc(N(C)C)nc(N(C)C)n1. The summed E-state index contributed by atoms with van der Waals surface area (Å²) in [6, 6.07) is 0. The van der Waals surface area contributed by atoms with Crippen LogP contribution in [0.1, 0.15) is 0 Å². The van der Waals surface area contributed by atoms with E-state index in [9.17, 15) is 0 Å². The molecule has 0 radical (unpaired) electrons. The Balaban J connectivity index is 0.000000280. The molecule has 156 valence electrons. The third kappa shape index (κ3) is 6.52. The zero-order valence-electron chi connectivity index (χ0n) is 18.5. The molecule has 12 heteroatoms. The fraction of sp³-hybridized carbons (Fsp3) is 0.625. The second-order valence-corrected chi connectivity index (χ2v) is 6.60. The molecule has 0 bridgehead atoms. The average Bonchev–Trinajstić information content (AvgIpc) is 2.67. The number of rotatable bonds is 6. The van der Waals surface area contributed by atoms with E-state index in [4.69, 9.17) is 0 Å². The van der Waals surface area contributed by atoms with Gasteiger partial charge in [0.05, 0.1) is 0 Å². The number of anilines is 6. The molecule has 0 aliphatic rings. The van der Waals surface area contributed by atoms with Crippen molar-refractivity contribution in [1.29, 1.82) is 0 Å². The Hall–Kier alpha value is -3.18. The first-order chi connectivity index (χ1) is 13.1. The maximum atomic E-state index is 4.27. The average molecular weight is 393 g/mol. The minimum Gasteiger partial charge on any atom is -0.357 e. The highest BCUT2D eigenvalue weighted by Crippen LogP contribution is 2.13. The van der Waals surface area contributed by atoms with E-state index < -0.39 is 0 Å². The van der Waals surface area contributed by atoms with Gasteiger partial charge >= 0.3 is 0 Å². The number of nitrogens with zero attached hydrogens (tertiary/aromatic N) is 10. The largest absolute Gasteiger partial charge is 0.357 e. The van der Waals surface area contributed by atoms with Crippen LogP contribution < -0.4 is 30.2 Å². The monoisotopic (exact) mass is 392 g/mol. The summed E-state index contributed by atoms with van der Waals surface area (Å²) in [6.45, 7) is 0. The third-order valence-electron chi connectivity index (χ3n) is 3.27. The summed E-state index contributed by atoms with van der Waals surface area (Å²) in [4.78, 5) is 32.7. The molecule has 0 saturated carbocycles. The summed E-state index contributed by atoms with van der Waals surface area (Å²) in [5.74, 6) is 3.74. The van der Waals surface area contributed by atoms with Crippen molar-refractivity contribution in [3.05, 3.63) is 0 Å². The molecule has 28 heavy (non-hydrogen) atoms. The van der Waals surface area contributed by atoms with Gasteiger partial charge in [0.2, 0.25) is 35.7 Å². The van der Waals surface area contributed by atoms with Crippen LogP contribution in [0.5, 0.6) is 0 Å². The van der Waals surface area contributed by atoms with Crippen molar-refractivity contribution >= 4 is 35.7 Å². The van der Waals surface area contributed by atoms with Gasteiger partial charge in [-0.25, -0.2) is 0 Å². The summed E-state index contributed by atoms with van der Waals surface area (Å²) in [6.07, 6.45) is 0. The van der Waals surface area contributed by atoms with Gasteiger partial charge in [0.1, 0.15) is 0 Å². The van der Waals surface area contributed by atoms with Gasteiger partial charge in [-0.1, -0.05) is 0 Å². The number of nitrogens with one attached hydrogen (secondary N) is 2. The second-order valence-electron chi connectivity index (χ2n) is 6.60. The van der Waals surface area contributed by atoms with Gasteiger partial charge in [0.25, 0.3) is 0 Å². The highest BCUT2D eigenvalue weighted by Gasteiger charge is 2.08. The van der Waals surface area contributed by atoms with E-state index in [1.807, 2.05) is 76.0 Å². The maximum absolute atomic E-state index is 4.27. The molecule has 2 N–H and O–H groups in total. The molecule has 0 aromatic carbocycles. The number of aromatic nitrogens is 6. The van der Waals surface area contributed by atoms with Crippen molar-refractivity contribution in [3.8, 4) is 0 Å². The quantitative estimate of drug-likeness (QED) is 0.694. The van der Waals surface area contributed by atoms with Crippen molar-refractivity contribution in [2.75, 3.05) is 101 Å². The Bertz CT molecular complexity index is 628. The fourth-order valence-electron chi connectivity index (χ4n) is 1.73. The number of hydrogen-bond acceptors (Lipinski definition) is 12. The van der Waals surface area contributed by atoms with Crippen LogP contribution in [-0.4, -0.2) is 100 Å². The molecule has 0 unspecified atom stereocenters. The van der Waals surface area contributed by atoms with Crippen LogP contribution >= 0.6 is 0 Å². The molecule has 2 aromatic heterocycles. The van der Waals surface area contributed by atoms with Crippen LogP contribution in [0.4, 0.5) is 35.7 Å². The van der Waals surface area contributed by atoms with Crippen molar-refractivity contribution < 1.29 is 0 Å². The van der Waals surface area contributed by atoms with Crippen LogP contribution in [0, 0.1) is 0 Å². The normalized spacial score (nSPS) is 9.79. The van der Waals surface area contributed by atoms with Crippen molar-refractivity contribution in [2.24, 2.45) is 0 Å². The fourth-order valence-corrected chi connectivity index (χ4v) is 1.73. The van der Waals surface area contributed by atoms with Crippen LogP contribution in [-0.2, 0) is 0 Å². The van der Waals surface area contributed by atoms with Crippen LogP contribution in [0.25, 0.3) is 0 Å². The molecule has 0 amide bonds. The van der Waals surface area contributed by atoms with Gasteiger partial charge in [-0.3, -0.25) is 0 Å². The van der Waals surface area contributed by atoms with Gasteiger partial charge < -0.3 is 30.2 Å². The molecule has 12 nitrogen and oxygen atoms in total. The predicted octanol–water partition coefficient (Wildman–Crippen LogP) is 0.0906. The van der Waals surface area contributed by atoms with Gasteiger partial charge in [-0.05, 0) is 0 Å². The Labute approximate surface area is 167 Å². The van der Waals surface area contributed by atoms with Crippen LogP contribution in [0.2, 0.25) is 0 Å². The van der Waals surface area contributed by atoms with Crippen molar-refractivity contribution in [2.45, 2.75) is 0 Å². The summed E-state index contributed by atoms with van der Waals surface area (Å²) >= 11 is 0. The van der Waals surface area contributed by atoms with Gasteiger partial charge in [-0.2, -0.15) is 29.9 Å². The topological polar surface area (TPSA) is 114 Å².